The van der Waals surface area contributed by atoms with E-state index in [1.54, 1.807) is 0 Å². The van der Waals surface area contributed by atoms with Crippen LogP contribution in [-0.2, 0) is 13.0 Å². The summed E-state index contributed by atoms with van der Waals surface area (Å²) >= 11 is 0. The number of hydrogen-bond acceptors (Lipinski definition) is 3. The third kappa shape index (κ3) is 3.41. The summed E-state index contributed by atoms with van der Waals surface area (Å²) in [5.74, 6) is 1.06. The summed E-state index contributed by atoms with van der Waals surface area (Å²) in [6.45, 7) is 6.84. The molecule has 3 rings (SSSR count). The van der Waals surface area contributed by atoms with Gasteiger partial charge in [-0.05, 0) is 63.3 Å². The Kier molecular flexibility index (Phi) is 4.23. The largest absolute Gasteiger partial charge is 0.487 e. The minimum atomic E-state index is -0.0573. The van der Waals surface area contributed by atoms with Crippen molar-refractivity contribution in [3.8, 4) is 5.75 Å². The van der Waals surface area contributed by atoms with Gasteiger partial charge in [-0.3, -0.25) is 4.90 Å². The van der Waals surface area contributed by atoms with Crippen LogP contribution in [0.25, 0.3) is 0 Å². The highest BCUT2D eigenvalue weighted by Gasteiger charge is 2.30. The maximum Gasteiger partial charge on any atom is 0.123 e. The monoisotopic (exact) mass is 289 g/mol. The van der Waals surface area contributed by atoms with Crippen LogP contribution < -0.4 is 4.74 Å². The zero-order valence-corrected chi connectivity index (χ0v) is 13.3. The molecule has 1 unspecified atom stereocenters. The van der Waals surface area contributed by atoms with Gasteiger partial charge < -0.3 is 9.84 Å². The van der Waals surface area contributed by atoms with Gasteiger partial charge in [-0.2, -0.15) is 0 Å². The lowest BCUT2D eigenvalue weighted by atomic mass is 10.00. The topological polar surface area (TPSA) is 32.7 Å². The van der Waals surface area contributed by atoms with Crippen molar-refractivity contribution in [3.63, 3.8) is 0 Å². The van der Waals surface area contributed by atoms with Crippen LogP contribution in [0.3, 0.4) is 0 Å². The van der Waals surface area contributed by atoms with E-state index in [0.717, 1.165) is 31.6 Å². The molecule has 0 radical (unpaired) electrons. The molecule has 0 aliphatic carbocycles. The van der Waals surface area contributed by atoms with Crippen LogP contribution in [0.5, 0.6) is 5.75 Å². The van der Waals surface area contributed by atoms with E-state index in [-0.39, 0.29) is 5.60 Å². The number of hydrogen-bond donors (Lipinski definition) is 1. The molecule has 0 amide bonds. The Morgan fingerprint density at radius 1 is 1.38 bits per heavy atom. The second kappa shape index (κ2) is 5.98. The lowest BCUT2D eigenvalue weighted by Gasteiger charge is -2.24. The number of aliphatic hydroxyl groups is 1. The van der Waals surface area contributed by atoms with Crippen molar-refractivity contribution in [2.45, 2.75) is 64.1 Å². The molecule has 1 aromatic carbocycles. The SMILES string of the molecule is CC1(C)Cc2cc(CN3CCCC3CCCO)ccc2O1. The molecule has 2 aliphatic rings. The van der Waals surface area contributed by atoms with Crippen molar-refractivity contribution < 1.29 is 9.84 Å². The van der Waals surface area contributed by atoms with Gasteiger partial charge in [-0.15, -0.1) is 0 Å². The van der Waals surface area contributed by atoms with Crippen LogP contribution in [0.4, 0.5) is 0 Å². The van der Waals surface area contributed by atoms with Crippen LogP contribution in [0.2, 0.25) is 0 Å². The molecule has 1 aromatic rings. The Labute approximate surface area is 127 Å². The third-order valence-electron chi connectivity index (χ3n) is 4.71. The first-order valence-corrected chi connectivity index (χ1v) is 8.23. The Morgan fingerprint density at radius 3 is 3.05 bits per heavy atom. The summed E-state index contributed by atoms with van der Waals surface area (Å²) in [7, 11) is 0. The molecule has 0 spiro atoms. The minimum Gasteiger partial charge on any atom is -0.487 e. The average Bonchev–Trinajstić information content (AvgIpc) is 2.98. The third-order valence-corrected chi connectivity index (χ3v) is 4.71. The molecule has 3 heteroatoms. The number of benzene rings is 1. The number of fused-ring (bicyclic) bond motifs is 1. The molecule has 0 saturated carbocycles. The van der Waals surface area contributed by atoms with Gasteiger partial charge in [0.1, 0.15) is 11.4 Å². The van der Waals surface area contributed by atoms with E-state index in [1.165, 1.54) is 30.5 Å². The second-order valence-corrected chi connectivity index (χ2v) is 7.11. The Balaban J connectivity index is 1.66. The van der Waals surface area contributed by atoms with Crippen molar-refractivity contribution in [3.05, 3.63) is 29.3 Å². The first-order valence-electron chi connectivity index (χ1n) is 8.23. The molecule has 0 aromatic heterocycles. The van der Waals surface area contributed by atoms with Crippen molar-refractivity contribution in [1.82, 2.24) is 4.90 Å². The highest BCUT2D eigenvalue weighted by Crippen LogP contribution is 2.35. The number of aliphatic hydroxyl groups excluding tert-OH is 1. The molecule has 1 atom stereocenters. The molecule has 0 bridgehead atoms. The average molecular weight is 289 g/mol. The fourth-order valence-corrected chi connectivity index (χ4v) is 3.75. The van der Waals surface area contributed by atoms with E-state index in [1.807, 2.05) is 0 Å². The van der Waals surface area contributed by atoms with Crippen LogP contribution >= 0.6 is 0 Å². The van der Waals surface area contributed by atoms with Gasteiger partial charge in [0.2, 0.25) is 0 Å². The van der Waals surface area contributed by atoms with E-state index >= 15 is 0 Å². The summed E-state index contributed by atoms with van der Waals surface area (Å²) in [5, 5.41) is 9.03. The number of rotatable bonds is 5. The van der Waals surface area contributed by atoms with Crippen molar-refractivity contribution in [2.75, 3.05) is 13.2 Å². The Morgan fingerprint density at radius 2 is 2.24 bits per heavy atom. The van der Waals surface area contributed by atoms with E-state index in [0.29, 0.717) is 12.6 Å². The van der Waals surface area contributed by atoms with E-state index in [2.05, 4.69) is 36.9 Å². The molecular weight excluding hydrogens is 262 g/mol. The van der Waals surface area contributed by atoms with Gasteiger partial charge in [-0.1, -0.05) is 12.1 Å². The zero-order chi connectivity index (χ0) is 14.9. The molecule has 1 saturated heterocycles. The normalized spacial score (nSPS) is 24.0. The summed E-state index contributed by atoms with van der Waals surface area (Å²) in [6, 6.07) is 7.32. The summed E-state index contributed by atoms with van der Waals surface area (Å²) < 4.78 is 5.95. The fraction of sp³-hybridized carbons (Fsp3) is 0.667. The molecule has 1 fully saturated rings. The maximum absolute atomic E-state index is 9.03. The van der Waals surface area contributed by atoms with Gasteiger partial charge in [0.05, 0.1) is 0 Å². The van der Waals surface area contributed by atoms with Gasteiger partial charge in [0.25, 0.3) is 0 Å². The smallest absolute Gasteiger partial charge is 0.123 e. The lowest BCUT2D eigenvalue weighted by Crippen LogP contribution is -2.29. The number of likely N-dealkylation sites (tertiary alicyclic amines) is 1. The fourth-order valence-electron chi connectivity index (χ4n) is 3.75. The summed E-state index contributed by atoms with van der Waals surface area (Å²) in [6.07, 6.45) is 5.62. The quantitative estimate of drug-likeness (QED) is 0.904. The number of nitrogens with zero attached hydrogens (tertiary/aromatic N) is 1. The van der Waals surface area contributed by atoms with Crippen molar-refractivity contribution in [2.24, 2.45) is 0 Å². The summed E-state index contributed by atoms with van der Waals surface area (Å²) in [5.41, 5.74) is 2.69. The standard InChI is InChI=1S/C18H27NO2/c1-18(2)12-15-11-14(7-8-17(15)21-18)13-19-9-3-5-16(19)6-4-10-20/h7-8,11,16,20H,3-6,9-10,12-13H2,1-2H3. The minimum absolute atomic E-state index is 0.0573. The molecule has 2 aliphatic heterocycles. The van der Waals surface area contributed by atoms with E-state index < -0.39 is 0 Å². The Hall–Kier alpha value is -1.06. The summed E-state index contributed by atoms with van der Waals surface area (Å²) in [4.78, 5) is 2.58. The molecule has 21 heavy (non-hydrogen) atoms. The molecule has 1 N–H and O–H groups in total. The van der Waals surface area contributed by atoms with Crippen LogP contribution in [-0.4, -0.2) is 34.8 Å². The van der Waals surface area contributed by atoms with Crippen molar-refractivity contribution in [1.29, 1.82) is 0 Å². The van der Waals surface area contributed by atoms with Crippen LogP contribution in [0, 0.1) is 0 Å². The van der Waals surface area contributed by atoms with E-state index in [4.69, 9.17) is 9.84 Å². The number of ether oxygens (including phenoxy) is 1. The first kappa shape index (κ1) is 14.9. The van der Waals surface area contributed by atoms with Crippen LogP contribution in [0.15, 0.2) is 18.2 Å². The molecule has 2 heterocycles. The molecule has 116 valence electrons. The predicted molar refractivity (Wildman–Crippen MR) is 84.6 cm³/mol. The van der Waals surface area contributed by atoms with Crippen molar-refractivity contribution >= 4 is 0 Å². The van der Waals surface area contributed by atoms with E-state index in [9.17, 15) is 0 Å². The highest BCUT2D eigenvalue weighted by molar-refractivity contribution is 5.41. The first-order chi connectivity index (χ1) is 10.1. The van der Waals surface area contributed by atoms with Crippen LogP contribution in [0.1, 0.15) is 50.7 Å². The van der Waals surface area contributed by atoms with Gasteiger partial charge in [-0.25, -0.2) is 0 Å². The lowest BCUT2D eigenvalue weighted by molar-refractivity contribution is 0.138. The van der Waals surface area contributed by atoms with Gasteiger partial charge in [0.15, 0.2) is 0 Å². The Bertz CT molecular complexity index is 498. The molecular formula is C18H27NO2. The highest BCUT2D eigenvalue weighted by atomic mass is 16.5. The molecule has 3 nitrogen and oxygen atoms in total. The maximum atomic E-state index is 9.03. The van der Waals surface area contributed by atoms with Gasteiger partial charge >= 0.3 is 0 Å². The predicted octanol–water partition coefficient (Wildman–Crippen LogP) is 3.14. The zero-order valence-electron chi connectivity index (χ0n) is 13.3. The van der Waals surface area contributed by atoms with Gasteiger partial charge in [0, 0.05) is 25.6 Å². The second-order valence-electron chi connectivity index (χ2n) is 7.11.